The molecule has 1 amide bonds. The third-order valence-corrected chi connectivity index (χ3v) is 6.19. The zero-order valence-corrected chi connectivity index (χ0v) is 19.3. The Hall–Kier alpha value is -4.00. The number of carbonyl (C=O) groups excluding carboxylic acids is 1. The first kappa shape index (κ1) is 21.8. The lowest BCUT2D eigenvalue weighted by atomic mass is 10.2. The minimum absolute atomic E-state index is 0.0920. The minimum atomic E-state index is 0.0920. The maximum atomic E-state index is 13.3. The Morgan fingerprint density at radius 1 is 0.882 bits per heavy atom. The Kier molecular flexibility index (Phi) is 6.33. The van der Waals surface area contributed by atoms with E-state index >= 15 is 0 Å². The summed E-state index contributed by atoms with van der Waals surface area (Å²) >= 11 is 0. The van der Waals surface area contributed by atoms with Crippen molar-refractivity contribution in [2.24, 2.45) is 0 Å². The molecular weight excluding hydrogens is 428 g/mol. The molecule has 7 heteroatoms. The van der Waals surface area contributed by atoms with Gasteiger partial charge in [0.05, 0.1) is 18.1 Å². The lowest BCUT2D eigenvalue weighted by molar-refractivity contribution is -0.132. The Balaban J connectivity index is 1.28. The van der Waals surface area contributed by atoms with Gasteiger partial charge in [0.1, 0.15) is 30.5 Å². The maximum Gasteiger partial charge on any atom is 0.242 e. The fourth-order valence-corrected chi connectivity index (χ4v) is 4.33. The van der Waals surface area contributed by atoms with Gasteiger partial charge in [-0.15, -0.1) is 0 Å². The fourth-order valence-electron chi connectivity index (χ4n) is 4.33. The average molecular weight is 457 g/mol. The molecule has 0 bridgehead atoms. The van der Waals surface area contributed by atoms with Crippen LogP contribution in [0, 0.1) is 0 Å². The van der Waals surface area contributed by atoms with Crippen LogP contribution in [0.5, 0.6) is 11.5 Å². The molecule has 1 fully saturated rings. The molecule has 0 N–H and O–H groups in total. The Bertz CT molecular complexity index is 1260. The molecule has 0 atom stereocenters. The number of piperazine rings is 1. The first-order valence-corrected chi connectivity index (χ1v) is 11.5. The Morgan fingerprint density at radius 3 is 2.41 bits per heavy atom. The van der Waals surface area contributed by atoms with E-state index < -0.39 is 0 Å². The zero-order valence-electron chi connectivity index (χ0n) is 19.3. The summed E-state index contributed by atoms with van der Waals surface area (Å²) in [4.78, 5) is 22.2. The number of hydrogen-bond donors (Lipinski definition) is 0. The van der Waals surface area contributed by atoms with Gasteiger partial charge in [0.25, 0.3) is 0 Å². The van der Waals surface area contributed by atoms with Crippen LogP contribution in [0.4, 0.5) is 5.69 Å². The molecule has 0 spiro atoms. The molecule has 0 saturated carbocycles. The van der Waals surface area contributed by atoms with Crippen LogP contribution in [0.3, 0.4) is 0 Å². The second kappa shape index (κ2) is 9.87. The number of nitrogens with zero attached hydrogens (tertiary/aromatic N) is 4. The van der Waals surface area contributed by atoms with Crippen molar-refractivity contribution in [1.82, 2.24) is 14.5 Å². The van der Waals surface area contributed by atoms with E-state index in [2.05, 4.69) is 11.0 Å². The summed E-state index contributed by atoms with van der Waals surface area (Å²) < 4.78 is 13.3. The number of fused-ring (bicyclic) bond motifs is 1. The van der Waals surface area contributed by atoms with Crippen molar-refractivity contribution in [3.05, 3.63) is 84.7 Å². The number of hydrogen-bond acceptors (Lipinski definition) is 5. The maximum absolute atomic E-state index is 13.3. The van der Waals surface area contributed by atoms with Crippen molar-refractivity contribution >= 4 is 22.6 Å². The second-order valence-electron chi connectivity index (χ2n) is 8.27. The summed E-state index contributed by atoms with van der Waals surface area (Å²) in [6, 6.07) is 25.6. The van der Waals surface area contributed by atoms with Crippen molar-refractivity contribution in [2.45, 2.75) is 13.2 Å². The van der Waals surface area contributed by atoms with E-state index in [0.29, 0.717) is 19.7 Å². The van der Waals surface area contributed by atoms with Crippen LogP contribution in [0.25, 0.3) is 11.0 Å². The van der Waals surface area contributed by atoms with Gasteiger partial charge in [-0.25, -0.2) is 4.98 Å². The SMILES string of the molecule is COc1cccc(N2CCN(C(=O)Cn3c(COc4ccccc4)nc4ccccc43)CC2)c1. The van der Waals surface area contributed by atoms with Crippen molar-refractivity contribution in [2.75, 3.05) is 38.2 Å². The van der Waals surface area contributed by atoms with E-state index in [1.807, 2.05) is 82.3 Å². The smallest absolute Gasteiger partial charge is 0.242 e. The van der Waals surface area contributed by atoms with E-state index in [9.17, 15) is 4.79 Å². The monoisotopic (exact) mass is 456 g/mol. The van der Waals surface area contributed by atoms with Crippen molar-refractivity contribution in [3.8, 4) is 11.5 Å². The Morgan fingerprint density at radius 2 is 1.62 bits per heavy atom. The average Bonchev–Trinajstić information content (AvgIpc) is 3.25. The highest BCUT2D eigenvalue weighted by Crippen LogP contribution is 2.23. The van der Waals surface area contributed by atoms with Gasteiger partial charge in [-0.3, -0.25) is 4.79 Å². The highest BCUT2D eigenvalue weighted by Gasteiger charge is 2.23. The van der Waals surface area contributed by atoms with E-state index in [0.717, 1.165) is 47.1 Å². The third kappa shape index (κ3) is 4.69. The molecule has 1 aliphatic rings. The molecule has 0 unspecified atom stereocenters. The predicted molar refractivity (Wildman–Crippen MR) is 132 cm³/mol. The van der Waals surface area contributed by atoms with Gasteiger partial charge < -0.3 is 23.8 Å². The highest BCUT2D eigenvalue weighted by molar-refractivity contribution is 5.81. The summed E-state index contributed by atoms with van der Waals surface area (Å²) in [7, 11) is 1.68. The van der Waals surface area contributed by atoms with Crippen LogP contribution < -0.4 is 14.4 Å². The van der Waals surface area contributed by atoms with Crippen molar-refractivity contribution < 1.29 is 14.3 Å². The number of methoxy groups -OCH3 is 1. The second-order valence-corrected chi connectivity index (χ2v) is 8.27. The standard InChI is InChI=1S/C27H28N4O3/c1-33-23-11-7-8-21(18-23)29-14-16-30(17-15-29)27(32)19-31-25-13-6-5-12-24(25)28-26(31)20-34-22-9-3-2-4-10-22/h2-13,18H,14-17,19-20H2,1H3. The quantitative estimate of drug-likeness (QED) is 0.421. The van der Waals surface area contributed by atoms with Crippen molar-refractivity contribution in [3.63, 3.8) is 0 Å². The van der Waals surface area contributed by atoms with E-state index in [1.165, 1.54) is 0 Å². The van der Waals surface area contributed by atoms with Crippen LogP contribution in [0.1, 0.15) is 5.82 Å². The topological polar surface area (TPSA) is 59.8 Å². The molecule has 7 nitrogen and oxygen atoms in total. The number of rotatable bonds is 7. The fraction of sp³-hybridized carbons (Fsp3) is 0.259. The van der Waals surface area contributed by atoms with Gasteiger partial charge in [-0.05, 0) is 36.4 Å². The Labute approximate surface area is 199 Å². The number of carbonyl (C=O) groups is 1. The molecule has 1 aromatic heterocycles. The molecule has 4 aromatic rings. The number of para-hydroxylation sites is 3. The first-order chi connectivity index (χ1) is 16.7. The van der Waals surface area contributed by atoms with Crippen LogP contribution in [0.2, 0.25) is 0 Å². The molecule has 5 rings (SSSR count). The molecule has 174 valence electrons. The molecule has 1 saturated heterocycles. The predicted octanol–water partition coefficient (Wildman–Crippen LogP) is 3.97. The van der Waals surface area contributed by atoms with Gasteiger partial charge >= 0.3 is 0 Å². The number of ether oxygens (including phenoxy) is 2. The van der Waals surface area contributed by atoms with Gasteiger partial charge in [0.2, 0.25) is 5.91 Å². The summed E-state index contributed by atoms with van der Waals surface area (Å²) in [5.41, 5.74) is 2.93. The van der Waals surface area contributed by atoms with Crippen LogP contribution in [-0.4, -0.2) is 53.6 Å². The summed E-state index contributed by atoms with van der Waals surface area (Å²) in [6.07, 6.45) is 0. The zero-order chi connectivity index (χ0) is 23.3. The molecule has 3 aromatic carbocycles. The number of benzene rings is 3. The lowest BCUT2D eigenvalue weighted by Gasteiger charge is -2.36. The molecule has 34 heavy (non-hydrogen) atoms. The number of aromatic nitrogens is 2. The van der Waals surface area contributed by atoms with E-state index in [4.69, 9.17) is 14.5 Å². The highest BCUT2D eigenvalue weighted by atomic mass is 16.5. The van der Waals surface area contributed by atoms with Gasteiger partial charge in [-0.2, -0.15) is 0 Å². The van der Waals surface area contributed by atoms with Crippen LogP contribution >= 0.6 is 0 Å². The molecule has 0 aliphatic carbocycles. The first-order valence-electron chi connectivity index (χ1n) is 11.5. The minimum Gasteiger partial charge on any atom is -0.497 e. The molecule has 1 aliphatic heterocycles. The molecule has 0 radical (unpaired) electrons. The number of imidazole rings is 1. The van der Waals surface area contributed by atoms with Crippen LogP contribution in [0.15, 0.2) is 78.9 Å². The number of anilines is 1. The van der Waals surface area contributed by atoms with Crippen molar-refractivity contribution in [1.29, 1.82) is 0 Å². The number of amides is 1. The largest absolute Gasteiger partial charge is 0.497 e. The van der Waals surface area contributed by atoms with Crippen LogP contribution in [-0.2, 0) is 17.9 Å². The lowest BCUT2D eigenvalue weighted by Crippen LogP contribution is -2.49. The van der Waals surface area contributed by atoms with Gasteiger partial charge in [-0.1, -0.05) is 36.4 Å². The normalized spacial score (nSPS) is 13.8. The van der Waals surface area contributed by atoms with Gasteiger partial charge in [0.15, 0.2) is 0 Å². The summed E-state index contributed by atoms with van der Waals surface area (Å²) in [6.45, 7) is 3.47. The summed E-state index contributed by atoms with van der Waals surface area (Å²) in [5.74, 6) is 2.46. The van der Waals surface area contributed by atoms with E-state index in [1.54, 1.807) is 7.11 Å². The van der Waals surface area contributed by atoms with E-state index in [-0.39, 0.29) is 12.5 Å². The third-order valence-electron chi connectivity index (χ3n) is 6.19. The summed E-state index contributed by atoms with van der Waals surface area (Å²) in [5, 5.41) is 0. The molecule has 2 heterocycles. The molecular formula is C27H28N4O3. The van der Waals surface area contributed by atoms with Gasteiger partial charge in [0, 0.05) is 37.9 Å².